The van der Waals surface area contributed by atoms with Gasteiger partial charge in [0.15, 0.2) is 0 Å². The maximum absolute atomic E-state index is 1.57. The molecule has 0 heterocycles. The summed E-state index contributed by atoms with van der Waals surface area (Å²) < 4.78 is 0. The summed E-state index contributed by atoms with van der Waals surface area (Å²) in [5.41, 5.74) is 0. The second-order valence-electron chi connectivity index (χ2n) is 7.64. The average molecular weight is 248 g/mol. The maximum Gasteiger partial charge on any atom is -0.0414 e. The van der Waals surface area contributed by atoms with E-state index in [1.807, 2.05) is 0 Å². The van der Waals surface area contributed by atoms with E-state index in [1.165, 1.54) is 0 Å². The molecule has 104 valence electrons. The van der Waals surface area contributed by atoms with Gasteiger partial charge in [-0.2, -0.15) is 0 Å². The normalized spacial score (nSPS) is 42.7. The molecule has 0 amide bonds. The highest BCUT2D eigenvalue weighted by Crippen LogP contribution is 2.39. The Morgan fingerprint density at radius 3 is 0.722 bits per heavy atom. The Morgan fingerprint density at radius 1 is 0.278 bits per heavy atom. The van der Waals surface area contributed by atoms with Gasteiger partial charge in [-0.15, -0.1) is 0 Å². The van der Waals surface area contributed by atoms with Crippen LogP contribution in [0.15, 0.2) is 0 Å². The van der Waals surface area contributed by atoms with Crippen molar-refractivity contribution in [3.05, 3.63) is 0 Å². The van der Waals surface area contributed by atoms with Crippen molar-refractivity contribution in [1.82, 2.24) is 0 Å². The first-order valence-electron chi connectivity index (χ1n) is 8.90. The molecule has 6 aliphatic rings. The highest BCUT2D eigenvalue weighted by atomic mass is 14.3. The third-order valence-electron chi connectivity index (χ3n) is 6.38. The summed E-state index contributed by atoms with van der Waals surface area (Å²) in [7, 11) is 0. The van der Waals surface area contributed by atoms with Gasteiger partial charge in [0.25, 0.3) is 0 Å². The summed E-state index contributed by atoms with van der Waals surface area (Å²) >= 11 is 0. The van der Waals surface area contributed by atoms with Gasteiger partial charge in [-0.25, -0.2) is 0 Å². The number of hydrogen-bond donors (Lipinski definition) is 0. The van der Waals surface area contributed by atoms with Gasteiger partial charge in [0.1, 0.15) is 0 Å². The Bertz CT molecular complexity index is 178. The smallest absolute Gasteiger partial charge is 0.0414 e. The number of rotatable bonds is 0. The van der Waals surface area contributed by atoms with Crippen LogP contribution in [0.5, 0.6) is 0 Å². The van der Waals surface area contributed by atoms with Crippen molar-refractivity contribution in [3.63, 3.8) is 0 Å². The van der Waals surface area contributed by atoms with Crippen LogP contribution in [-0.2, 0) is 0 Å². The van der Waals surface area contributed by atoms with E-state index in [0.717, 1.165) is 23.7 Å². The van der Waals surface area contributed by atoms with Gasteiger partial charge >= 0.3 is 0 Å². The lowest BCUT2D eigenvalue weighted by Gasteiger charge is -2.32. The van der Waals surface area contributed by atoms with E-state index in [0.29, 0.717) is 0 Å². The summed E-state index contributed by atoms with van der Waals surface area (Å²) in [6, 6.07) is 0. The lowest BCUT2D eigenvalue weighted by atomic mass is 9.73. The maximum atomic E-state index is 1.57. The second-order valence-corrected chi connectivity index (χ2v) is 7.64. The molecule has 18 heavy (non-hydrogen) atoms. The first kappa shape index (κ1) is 13.0. The molecule has 0 atom stereocenters. The van der Waals surface area contributed by atoms with Crippen LogP contribution in [0.2, 0.25) is 0 Å². The van der Waals surface area contributed by atoms with Crippen LogP contribution in [-0.4, -0.2) is 0 Å². The van der Waals surface area contributed by atoms with Crippen molar-refractivity contribution < 1.29 is 0 Å². The fourth-order valence-corrected chi connectivity index (χ4v) is 5.01. The van der Waals surface area contributed by atoms with Crippen LogP contribution in [0.1, 0.15) is 89.9 Å². The van der Waals surface area contributed by atoms with Crippen LogP contribution < -0.4 is 0 Å². The zero-order valence-corrected chi connectivity index (χ0v) is 12.2. The Morgan fingerprint density at radius 2 is 0.500 bits per heavy atom. The van der Waals surface area contributed by atoms with Gasteiger partial charge in [-0.05, 0) is 23.7 Å². The van der Waals surface area contributed by atoms with Crippen molar-refractivity contribution in [3.8, 4) is 0 Å². The summed E-state index contributed by atoms with van der Waals surface area (Å²) in [5, 5.41) is 0. The molecule has 0 heteroatoms. The average Bonchev–Trinajstić information content (AvgIpc) is 2.43. The van der Waals surface area contributed by atoms with Crippen LogP contribution in [0.4, 0.5) is 0 Å². The molecule has 6 rings (SSSR count). The molecule has 0 N–H and O–H groups in total. The van der Waals surface area contributed by atoms with E-state index < -0.39 is 0 Å². The summed E-state index contributed by atoms with van der Waals surface area (Å²) in [5.74, 6) is 4.45. The van der Waals surface area contributed by atoms with Gasteiger partial charge < -0.3 is 0 Å². The van der Waals surface area contributed by atoms with Crippen molar-refractivity contribution >= 4 is 0 Å². The van der Waals surface area contributed by atoms with Crippen molar-refractivity contribution in [2.75, 3.05) is 0 Å². The quantitative estimate of drug-likeness (QED) is 0.496. The van der Waals surface area contributed by atoms with Crippen LogP contribution in [0.3, 0.4) is 0 Å². The molecule has 6 aliphatic carbocycles. The molecule has 0 aromatic heterocycles. The Labute approximate surface area is 114 Å². The van der Waals surface area contributed by atoms with E-state index in [9.17, 15) is 0 Å². The molecule has 0 aromatic carbocycles. The van der Waals surface area contributed by atoms with Crippen molar-refractivity contribution in [1.29, 1.82) is 0 Å². The van der Waals surface area contributed by atoms with E-state index in [2.05, 4.69) is 0 Å². The van der Waals surface area contributed by atoms with Crippen LogP contribution in [0.25, 0.3) is 0 Å². The molecule has 0 aliphatic heterocycles. The molecule has 6 saturated carbocycles. The first-order chi connectivity index (χ1) is 8.90. The fraction of sp³-hybridized carbons (Fsp3) is 1.00. The van der Waals surface area contributed by atoms with E-state index in [4.69, 9.17) is 0 Å². The highest BCUT2D eigenvalue weighted by molar-refractivity contribution is 4.77. The van der Waals surface area contributed by atoms with Gasteiger partial charge in [0.2, 0.25) is 0 Å². The second kappa shape index (κ2) is 6.44. The molecule has 0 unspecified atom stereocenters. The largest absolute Gasteiger partial charge is 0.0528 e. The minimum Gasteiger partial charge on any atom is -0.0528 e. The molecule has 6 fully saturated rings. The predicted molar refractivity (Wildman–Crippen MR) is 78.6 cm³/mol. The predicted octanol–water partition coefficient (Wildman–Crippen LogP) is 5.95. The molecule has 4 bridgehead atoms. The highest BCUT2D eigenvalue weighted by Gasteiger charge is 2.25. The molecule has 0 radical (unpaired) electrons. The first-order valence-corrected chi connectivity index (χ1v) is 8.90. The monoisotopic (exact) mass is 248 g/mol. The van der Waals surface area contributed by atoms with Crippen molar-refractivity contribution in [2.45, 2.75) is 89.9 Å². The molecule has 0 spiro atoms. The van der Waals surface area contributed by atoms with Crippen LogP contribution in [0, 0.1) is 23.7 Å². The van der Waals surface area contributed by atoms with E-state index in [1.54, 1.807) is 89.9 Å². The standard InChI is InChI=1S/C18H32/c1-3-15-7-11-17(12-8-15)5-2-6-18-13-9-16(4-1)10-14-18/h15-18H,1-14H2. The lowest BCUT2D eigenvalue weighted by Crippen LogP contribution is -2.18. The summed E-state index contributed by atoms with van der Waals surface area (Å²) in [4.78, 5) is 0. The molecule has 0 saturated heterocycles. The summed E-state index contributed by atoms with van der Waals surface area (Å²) in [6.07, 6.45) is 21.9. The van der Waals surface area contributed by atoms with Gasteiger partial charge in [-0.3, -0.25) is 0 Å². The van der Waals surface area contributed by atoms with Gasteiger partial charge in [0.05, 0.1) is 0 Å². The summed E-state index contributed by atoms with van der Waals surface area (Å²) in [6.45, 7) is 0. The minimum absolute atomic E-state index is 1.11. The topological polar surface area (TPSA) is 0 Å². The Hall–Kier alpha value is 0. The van der Waals surface area contributed by atoms with Crippen molar-refractivity contribution in [2.24, 2.45) is 23.7 Å². The number of hydrogen-bond acceptors (Lipinski definition) is 0. The molecular formula is C18H32. The molecule has 0 nitrogen and oxygen atoms in total. The zero-order chi connectivity index (χ0) is 12.2. The zero-order valence-electron chi connectivity index (χ0n) is 12.2. The Kier molecular flexibility index (Phi) is 4.65. The third kappa shape index (κ3) is 3.52. The third-order valence-corrected chi connectivity index (χ3v) is 6.38. The van der Waals surface area contributed by atoms with Gasteiger partial charge in [-0.1, -0.05) is 89.9 Å². The molecular weight excluding hydrogens is 216 g/mol. The van der Waals surface area contributed by atoms with Gasteiger partial charge in [0, 0.05) is 0 Å². The van der Waals surface area contributed by atoms with E-state index >= 15 is 0 Å². The lowest BCUT2D eigenvalue weighted by molar-refractivity contribution is 0.202. The SMILES string of the molecule is C1CC2CCC(CCCC3CCC(C1)CC3)CC2. The fourth-order valence-electron chi connectivity index (χ4n) is 5.01. The Balaban J connectivity index is 1.55. The molecule has 0 aromatic rings. The van der Waals surface area contributed by atoms with E-state index in [-0.39, 0.29) is 0 Å². The van der Waals surface area contributed by atoms with Crippen LogP contribution >= 0.6 is 0 Å². The minimum atomic E-state index is 1.11.